The lowest BCUT2D eigenvalue weighted by atomic mass is 10.0. The molecule has 5 rings (SSSR count). The predicted octanol–water partition coefficient (Wildman–Crippen LogP) is 1.04. The molecule has 0 radical (unpaired) electrons. The van der Waals surface area contributed by atoms with Gasteiger partial charge in [0.1, 0.15) is 6.04 Å². The van der Waals surface area contributed by atoms with Crippen molar-refractivity contribution in [1.29, 1.82) is 0 Å². The Kier molecular flexibility index (Phi) is 4.05. The fraction of sp³-hybridized carbons (Fsp3) is 0.700. The van der Waals surface area contributed by atoms with E-state index in [2.05, 4.69) is 34.6 Å². The Labute approximate surface area is 160 Å². The normalized spacial score (nSPS) is 30.7. The number of likely N-dealkylation sites (N-methyl/N-ethyl adjacent to an activating group) is 1. The van der Waals surface area contributed by atoms with E-state index in [1.165, 1.54) is 0 Å². The molecule has 5 heterocycles. The third-order valence-corrected chi connectivity index (χ3v) is 6.83. The summed E-state index contributed by atoms with van der Waals surface area (Å²) in [5, 5.41) is 0. The maximum Gasteiger partial charge on any atom is 0.250 e. The van der Waals surface area contributed by atoms with Crippen molar-refractivity contribution in [2.45, 2.75) is 25.9 Å². The van der Waals surface area contributed by atoms with Crippen molar-refractivity contribution < 1.29 is 9.53 Å². The van der Waals surface area contributed by atoms with Crippen molar-refractivity contribution in [3.05, 3.63) is 12.3 Å². The van der Waals surface area contributed by atoms with Crippen molar-refractivity contribution >= 4 is 23.1 Å². The zero-order valence-corrected chi connectivity index (χ0v) is 16.5. The second kappa shape index (κ2) is 6.34. The molecule has 4 aliphatic heterocycles. The molecule has 3 atom stereocenters. The summed E-state index contributed by atoms with van der Waals surface area (Å²) >= 11 is 0. The van der Waals surface area contributed by atoms with Gasteiger partial charge in [0.05, 0.1) is 30.8 Å². The first kappa shape index (κ1) is 17.3. The van der Waals surface area contributed by atoms with Crippen molar-refractivity contribution in [2.24, 2.45) is 11.8 Å². The van der Waals surface area contributed by atoms with Gasteiger partial charge >= 0.3 is 0 Å². The molecule has 0 aliphatic carbocycles. The molecule has 7 nitrogen and oxygen atoms in total. The number of amides is 1. The summed E-state index contributed by atoms with van der Waals surface area (Å²) in [4.78, 5) is 26.7. The van der Waals surface area contributed by atoms with Crippen LogP contribution in [0.1, 0.15) is 13.8 Å². The van der Waals surface area contributed by atoms with Crippen LogP contribution in [-0.2, 0) is 9.53 Å². The number of pyridine rings is 1. The van der Waals surface area contributed by atoms with E-state index < -0.39 is 0 Å². The molecule has 3 fully saturated rings. The standard InChI is InChI=1S/C20H29N5O2/c1-13(2)23-4-5-25-18(10-23)20(26)22(3)17-6-16(7-21-19(17)25)24-8-14-11-27-12-15(14)9-24/h6-7,13-15,18H,4-5,8-12H2,1-3H3/t14?,15?,18-/m0/s1. The molecule has 146 valence electrons. The van der Waals surface area contributed by atoms with Crippen LogP contribution in [0.5, 0.6) is 0 Å². The maximum absolute atomic E-state index is 13.1. The van der Waals surface area contributed by atoms with Gasteiger partial charge in [0.15, 0.2) is 5.82 Å². The second-order valence-electron chi connectivity index (χ2n) is 8.69. The molecule has 0 bridgehead atoms. The number of ether oxygens (including phenoxy) is 1. The van der Waals surface area contributed by atoms with Gasteiger partial charge in [-0.05, 0) is 19.9 Å². The van der Waals surface area contributed by atoms with Gasteiger partial charge in [-0.25, -0.2) is 4.98 Å². The quantitative estimate of drug-likeness (QED) is 0.774. The van der Waals surface area contributed by atoms with Crippen molar-refractivity contribution in [3.8, 4) is 0 Å². The Bertz CT molecular complexity index is 742. The van der Waals surface area contributed by atoms with Crippen LogP contribution in [0.3, 0.4) is 0 Å². The van der Waals surface area contributed by atoms with E-state index in [-0.39, 0.29) is 11.9 Å². The van der Waals surface area contributed by atoms with Gasteiger partial charge in [-0.3, -0.25) is 9.69 Å². The van der Waals surface area contributed by atoms with E-state index in [9.17, 15) is 4.79 Å². The summed E-state index contributed by atoms with van der Waals surface area (Å²) < 4.78 is 5.60. The predicted molar refractivity (Wildman–Crippen MR) is 106 cm³/mol. The summed E-state index contributed by atoms with van der Waals surface area (Å²) in [6.07, 6.45) is 2.00. The molecular formula is C20H29N5O2. The van der Waals surface area contributed by atoms with Crippen LogP contribution in [0.2, 0.25) is 0 Å². The maximum atomic E-state index is 13.1. The molecule has 0 spiro atoms. The monoisotopic (exact) mass is 371 g/mol. The average molecular weight is 371 g/mol. The first-order valence-corrected chi connectivity index (χ1v) is 10.1. The van der Waals surface area contributed by atoms with Crippen LogP contribution < -0.4 is 14.7 Å². The van der Waals surface area contributed by atoms with Crippen LogP contribution in [0.15, 0.2) is 12.3 Å². The molecule has 7 heteroatoms. The highest BCUT2D eigenvalue weighted by atomic mass is 16.5. The minimum atomic E-state index is -0.125. The van der Waals surface area contributed by atoms with Gasteiger partial charge in [0, 0.05) is 57.6 Å². The Balaban J connectivity index is 1.43. The lowest BCUT2D eigenvalue weighted by Crippen LogP contribution is -2.63. The number of carbonyl (C=O) groups is 1. The molecule has 0 aromatic carbocycles. The number of anilines is 3. The van der Waals surface area contributed by atoms with E-state index in [4.69, 9.17) is 9.72 Å². The summed E-state index contributed by atoms with van der Waals surface area (Å²) in [6.45, 7) is 10.8. The SMILES string of the molecule is CC(C)N1CCN2c3ncc(N4CC5COCC5C4)cc3N(C)C(=O)[C@@H]2C1. The van der Waals surface area contributed by atoms with E-state index >= 15 is 0 Å². The number of aromatic nitrogens is 1. The first-order chi connectivity index (χ1) is 13.0. The van der Waals surface area contributed by atoms with E-state index in [0.717, 1.165) is 63.1 Å². The Hall–Kier alpha value is -1.86. The highest BCUT2D eigenvalue weighted by Crippen LogP contribution is 2.39. The number of carbonyl (C=O) groups excluding carboxylic acids is 1. The van der Waals surface area contributed by atoms with Crippen LogP contribution in [0.25, 0.3) is 0 Å². The third kappa shape index (κ3) is 2.70. The third-order valence-electron chi connectivity index (χ3n) is 6.83. The highest BCUT2D eigenvalue weighted by molar-refractivity contribution is 6.05. The summed E-state index contributed by atoms with van der Waals surface area (Å²) in [6, 6.07) is 2.49. The van der Waals surface area contributed by atoms with Gasteiger partial charge in [0.25, 0.3) is 5.91 Å². The molecule has 2 unspecified atom stereocenters. The van der Waals surface area contributed by atoms with Gasteiger partial charge in [-0.15, -0.1) is 0 Å². The molecule has 3 saturated heterocycles. The minimum absolute atomic E-state index is 0.125. The number of fused-ring (bicyclic) bond motifs is 4. The fourth-order valence-electron chi connectivity index (χ4n) is 5.05. The van der Waals surface area contributed by atoms with Crippen molar-refractivity contribution in [3.63, 3.8) is 0 Å². The average Bonchev–Trinajstić information content (AvgIpc) is 3.27. The van der Waals surface area contributed by atoms with Crippen molar-refractivity contribution in [2.75, 3.05) is 67.7 Å². The lowest BCUT2D eigenvalue weighted by Gasteiger charge is -2.47. The molecule has 1 aromatic heterocycles. The smallest absolute Gasteiger partial charge is 0.250 e. The number of piperazine rings is 1. The zero-order chi connectivity index (χ0) is 18.7. The highest BCUT2D eigenvalue weighted by Gasteiger charge is 2.42. The largest absolute Gasteiger partial charge is 0.381 e. The molecule has 0 saturated carbocycles. The minimum Gasteiger partial charge on any atom is -0.381 e. The van der Waals surface area contributed by atoms with Gasteiger partial charge in [-0.2, -0.15) is 0 Å². The fourth-order valence-corrected chi connectivity index (χ4v) is 5.05. The lowest BCUT2D eigenvalue weighted by molar-refractivity contribution is -0.121. The van der Waals surface area contributed by atoms with Crippen molar-refractivity contribution in [1.82, 2.24) is 9.88 Å². The summed E-state index contributed by atoms with van der Waals surface area (Å²) in [7, 11) is 1.89. The van der Waals surface area contributed by atoms with Gasteiger partial charge < -0.3 is 19.4 Å². The van der Waals surface area contributed by atoms with Gasteiger partial charge in [-0.1, -0.05) is 0 Å². The van der Waals surface area contributed by atoms with E-state index in [0.29, 0.717) is 17.9 Å². The molecule has 4 aliphatic rings. The van der Waals surface area contributed by atoms with E-state index in [1.54, 1.807) is 0 Å². The molecular weight excluding hydrogens is 342 g/mol. The van der Waals surface area contributed by atoms with Crippen LogP contribution in [-0.4, -0.2) is 80.9 Å². The number of hydrogen-bond donors (Lipinski definition) is 0. The Morgan fingerprint density at radius 1 is 1.15 bits per heavy atom. The molecule has 0 N–H and O–H groups in total. The number of nitrogens with zero attached hydrogens (tertiary/aromatic N) is 5. The van der Waals surface area contributed by atoms with Gasteiger partial charge in [0.2, 0.25) is 0 Å². The van der Waals surface area contributed by atoms with Crippen LogP contribution in [0.4, 0.5) is 17.2 Å². The molecule has 1 amide bonds. The first-order valence-electron chi connectivity index (χ1n) is 10.1. The summed E-state index contributed by atoms with van der Waals surface area (Å²) in [5.74, 6) is 2.40. The second-order valence-corrected chi connectivity index (χ2v) is 8.69. The molecule has 27 heavy (non-hydrogen) atoms. The zero-order valence-electron chi connectivity index (χ0n) is 16.5. The Morgan fingerprint density at radius 2 is 1.89 bits per heavy atom. The van der Waals surface area contributed by atoms with E-state index in [1.807, 2.05) is 18.1 Å². The van der Waals surface area contributed by atoms with Crippen LogP contribution in [0, 0.1) is 11.8 Å². The Morgan fingerprint density at radius 3 is 2.59 bits per heavy atom. The summed E-state index contributed by atoms with van der Waals surface area (Å²) in [5.41, 5.74) is 2.07. The molecule has 1 aromatic rings. The number of rotatable bonds is 2. The number of hydrogen-bond acceptors (Lipinski definition) is 6. The topological polar surface area (TPSA) is 52.1 Å². The van der Waals surface area contributed by atoms with Crippen LogP contribution >= 0.6 is 0 Å².